The molecule has 4 aromatic rings. The van der Waals surface area contributed by atoms with Gasteiger partial charge in [-0.15, -0.1) is 0 Å². The number of hydrazone groups is 1. The molecule has 2 N–H and O–H groups in total. The standard InChI is InChI=1S/C29H27N3O2/c33-28(20-8-2-1-3-9-20)31-24-16-14-21(15-17-24)29(34)32-30-19-27-25-12-6-4-10-22(25)18-23-11-5-7-13-26(23)27/h4-7,10-20H,1-3,8-9H2,(H,31,33)(H,32,34). The summed E-state index contributed by atoms with van der Waals surface area (Å²) in [6, 6.07) is 25.4. The molecule has 5 rings (SSSR count). The van der Waals surface area contributed by atoms with Gasteiger partial charge in [-0.3, -0.25) is 9.59 Å². The average molecular weight is 450 g/mol. The van der Waals surface area contributed by atoms with Crippen molar-refractivity contribution < 1.29 is 9.59 Å². The van der Waals surface area contributed by atoms with Crippen molar-refractivity contribution in [2.75, 3.05) is 5.32 Å². The van der Waals surface area contributed by atoms with Crippen LogP contribution in [0.1, 0.15) is 48.0 Å². The van der Waals surface area contributed by atoms with Crippen molar-refractivity contribution in [1.82, 2.24) is 5.43 Å². The molecule has 5 nitrogen and oxygen atoms in total. The summed E-state index contributed by atoms with van der Waals surface area (Å²) in [5.74, 6) is -0.133. The zero-order valence-electron chi connectivity index (χ0n) is 19.0. The summed E-state index contributed by atoms with van der Waals surface area (Å²) >= 11 is 0. The van der Waals surface area contributed by atoms with Crippen LogP contribution in [0.3, 0.4) is 0 Å². The molecule has 170 valence electrons. The summed E-state index contributed by atoms with van der Waals surface area (Å²) in [7, 11) is 0. The Bertz CT molecular complexity index is 1320. The minimum atomic E-state index is -0.300. The molecule has 0 spiro atoms. The van der Waals surface area contributed by atoms with Crippen molar-refractivity contribution in [3.8, 4) is 0 Å². The minimum Gasteiger partial charge on any atom is -0.326 e. The van der Waals surface area contributed by atoms with Crippen molar-refractivity contribution in [3.63, 3.8) is 0 Å². The normalized spacial score (nSPS) is 14.5. The second kappa shape index (κ2) is 9.87. The first-order valence-corrected chi connectivity index (χ1v) is 11.8. The highest BCUT2D eigenvalue weighted by atomic mass is 16.2. The summed E-state index contributed by atoms with van der Waals surface area (Å²) in [4.78, 5) is 25.1. The summed E-state index contributed by atoms with van der Waals surface area (Å²) in [5, 5.41) is 11.6. The molecule has 0 atom stereocenters. The Balaban J connectivity index is 1.28. The number of anilines is 1. The van der Waals surface area contributed by atoms with Crippen LogP contribution in [0.15, 0.2) is 84.0 Å². The summed E-state index contributed by atoms with van der Waals surface area (Å²) in [5.41, 5.74) is 4.79. The van der Waals surface area contributed by atoms with Crippen LogP contribution in [0.25, 0.3) is 21.5 Å². The molecule has 2 amide bonds. The molecule has 0 saturated heterocycles. The molecule has 0 radical (unpaired) electrons. The van der Waals surface area contributed by atoms with Crippen LogP contribution in [-0.4, -0.2) is 18.0 Å². The van der Waals surface area contributed by atoms with Gasteiger partial charge in [-0.2, -0.15) is 5.10 Å². The number of benzene rings is 4. The highest BCUT2D eigenvalue weighted by molar-refractivity contribution is 6.13. The second-order valence-electron chi connectivity index (χ2n) is 8.83. The highest BCUT2D eigenvalue weighted by Crippen LogP contribution is 2.27. The molecule has 0 heterocycles. The molecule has 1 saturated carbocycles. The summed E-state index contributed by atoms with van der Waals surface area (Å²) in [6.07, 6.45) is 7.07. The fraction of sp³-hybridized carbons (Fsp3) is 0.207. The lowest BCUT2D eigenvalue weighted by Gasteiger charge is -2.20. The van der Waals surface area contributed by atoms with Gasteiger partial charge in [0.05, 0.1) is 6.21 Å². The average Bonchev–Trinajstić information content (AvgIpc) is 2.89. The Kier molecular flexibility index (Phi) is 6.34. The third kappa shape index (κ3) is 4.69. The fourth-order valence-electron chi connectivity index (χ4n) is 4.72. The Morgan fingerprint density at radius 1 is 0.794 bits per heavy atom. The number of rotatable bonds is 5. The van der Waals surface area contributed by atoms with Gasteiger partial charge in [0, 0.05) is 22.7 Å². The molecule has 5 heteroatoms. The number of hydrogen-bond acceptors (Lipinski definition) is 3. The zero-order chi connectivity index (χ0) is 23.3. The maximum absolute atomic E-state index is 12.6. The van der Waals surface area contributed by atoms with Crippen molar-refractivity contribution in [2.45, 2.75) is 32.1 Å². The zero-order valence-corrected chi connectivity index (χ0v) is 19.0. The lowest BCUT2D eigenvalue weighted by atomic mass is 9.88. The molecular weight excluding hydrogens is 422 g/mol. The van der Waals surface area contributed by atoms with Gasteiger partial charge in [-0.1, -0.05) is 67.8 Å². The number of fused-ring (bicyclic) bond motifs is 2. The van der Waals surface area contributed by atoms with E-state index in [4.69, 9.17) is 0 Å². The lowest BCUT2D eigenvalue weighted by molar-refractivity contribution is -0.120. The number of carbonyl (C=O) groups excluding carboxylic acids is 2. The Labute approximate surface area is 198 Å². The SMILES string of the molecule is O=C(NN=Cc1c2ccccc2cc2ccccc12)c1ccc(NC(=O)C2CCCCC2)cc1. The number of nitrogens with zero attached hydrogens (tertiary/aromatic N) is 1. The van der Waals surface area contributed by atoms with Gasteiger partial charge in [-0.05, 0) is 64.7 Å². The Morgan fingerprint density at radius 2 is 1.41 bits per heavy atom. The van der Waals surface area contributed by atoms with E-state index in [2.05, 4.69) is 46.2 Å². The van der Waals surface area contributed by atoms with Gasteiger partial charge in [-0.25, -0.2) is 5.43 Å². The molecule has 34 heavy (non-hydrogen) atoms. The number of carbonyl (C=O) groups is 2. The van der Waals surface area contributed by atoms with Crippen LogP contribution < -0.4 is 10.7 Å². The largest absolute Gasteiger partial charge is 0.326 e. The lowest BCUT2D eigenvalue weighted by Crippen LogP contribution is -2.24. The third-order valence-electron chi connectivity index (χ3n) is 6.56. The predicted molar refractivity (Wildman–Crippen MR) is 138 cm³/mol. The molecule has 0 bridgehead atoms. The molecular formula is C29H27N3O2. The first-order chi connectivity index (χ1) is 16.7. The first kappa shape index (κ1) is 21.8. The van der Waals surface area contributed by atoms with Gasteiger partial charge in [0.25, 0.3) is 5.91 Å². The van der Waals surface area contributed by atoms with Gasteiger partial charge < -0.3 is 5.32 Å². The van der Waals surface area contributed by atoms with E-state index < -0.39 is 0 Å². The fourth-order valence-corrected chi connectivity index (χ4v) is 4.72. The number of nitrogens with one attached hydrogen (secondary N) is 2. The maximum atomic E-state index is 12.6. The van der Waals surface area contributed by atoms with Crippen molar-refractivity contribution in [1.29, 1.82) is 0 Å². The van der Waals surface area contributed by atoms with Crippen LogP contribution in [0.2, 0.25) is 0 Å². The van der Waals surface area contributed by atoms with E-state index in [-0.39, 0.29) is 17.7 Å². The molecule has 4 aromatic carbocycles. The molecule has 1 aliphatic carbocycles. The third-order valence-corrected chi connectivity index (χ3v) is 6.56. The minimum absolute atomic E-state index is 0.0730. The van der Waals surface area contributed by atoms with Crippen molar-refractivity contribution in [2.24, 2.45) is 11.0 Å². The molecule has 0 aliphatic heterocycles. The number of amides is 2. The van der Waals surface area contributed by atoms with Crippen molar-refractivity contribution >= 4 is 45.3 Å². The second-order valence-corrected chi connectivity index (χ2v) is 8.83. The van der Waals surface area contributed by atoms with E-state index >= 15 is 0 Å². The van der Waals surface area contributed by atoms with Crippen LogP contribution in [0.4, 0.5) is 5.69 Å². The summed E-state index contributed by atoms with van der Waals surface area (Å²) < 4.78 is 0. The van der Waals surface area contributed by atoms with Gasteiger partial charge in [0.1, 0.15) is 0 Å². The quantitative estimate of drug-likeness (QED) is 0.214. The molecule has 1 fully saturated rings. The van der Waals surface area contributed by atoms with Crippen LogP contribution in [0, 0.1) is 5.92 Å². The van der Waals surface area contributed by atoms with E-state index in [9.17, 15) is 9.59 Å². The predicted octanol–water partition coefficient (Wildman–Crippen LogP) is 6.28. The van der Waals surface area contributed by atoms with Gasteiger partial charge in [0.15, 0.2) is 0 Å². The van der Waals surface area contributed by atoms with Crippen LogP contribution in [-0.2, 0) is 4.79 Å². The van der Waals surface area contributed by atoms with E-state index in [0.717, 1.165) is 52.8 Å². The Morgan fingerprint density at radius 3 is 2.06 bits per heavy atom. The topological polar surface area (TPSA) is 70.6 Å². The molecule has 1 aliphatic rings. The van der Waals surface area contributed by atoms with Crippen LogP contribution >= 0.6 is 0 Å². The molecule has 0 aromatic heterocycles. The smallest absolute Gasteiger partial charge is 0.271 e. The van der Waals surface area contributed by atoms with Gasteiger partial charge >= 0.3 is 0 Å². The van der Waals surface area contributed by atoms with E-state index in [1.165, 1.54) is 6.42 Å². The van der Waals surface area contributed by atoms with Gasteiger partial charge in [0.2, 0.25) is 5.91 Å². The van der Waals surface area contributed by atoms with Crippen molar-refractivity contribution in [3.05, 3.63) is 90.0 Å². The van der Waals surface area contributed by atoms with E-state index in [0.29, 0.717) is 11.3 Å². The molecule has 0 unspecified atom stereocenters. The monoisotopic (exact) mass is 449 g/mol. The van der Waals surface area contributed by atoms with E-state index in [1.54, 1.807) is 30.5 Å². The van der Waals surface area contributed by atoms with E-state index in [1.807, 2.05) is 24.3 Å². The maximum Gasteiger partial charge on any atom is 0.271 e. The number of hydrogen-bond donors (Lipinski definition) is 2. The van der Waals surface area contributed by atoms with Crippen LogP contribution in [0.5, 0.6) is 0 Å². The first-order valence-electron chi connectivity index (χ1n) is 11.8. The summed E-state index contributed by atoms with van der Waals surface area (Å²) in [6.45, 7) is 0. The Hall–Kier alpha value is -3.99. The highest BCUT2D eigenvalue weighted by Gasteiger charge is 2.21.